The Morgan fingerprint density at radius 1 is 1.56 bits per heavy atom. The molecule has 0 saturated carbocycles. The molecule has 0 spiro atoms. The van der Waals surface area contributed by atoms with E-state index in [0.717, 1.165) is 17.8 Å². The lowest BCUT2D eigenvalue weighted by molar-refractivity contribution is -0.115. The number of amides is 1. The first-order valence-electron chi connectivity index (χ1n) is 5.58. The highest BCUT2D eigenvalue weighted by atomic mass is 16.1. The van der Waals surface area contributed by atoms with Gasteiger partial charge >= 0.3 is 0 Å². The number of anilines is 1. The minimum Gasteiger partial charge on any atom is -0.322 e. The molecule has 1 heterocycles. The third-order valence-electron chi connectivity index (χ3n) is 2.19. The van der Waals surface area contributed by atoms with Crippen LogP contribution in [-0.4, -0.2) is 28.3 Å². The number of carbonyl (C=O) groups excluding carboxylic acids is 1. The van der Waals surface area contributed by atoms with Gasteiger partial charge in [-0.1, -0.05) is 20.8 Å². The SMILES string of the molecule is CCc1nn(C)cc1NC(=O)CNC(C)C. The lowest BCUT2D eigenvalue weighted by Crippen LogP contribution is -2.32. The van der Waals surface area contributed by atoms with E-state index < -0.39 is 0 Å². The highest BCUT2D eigenvalue weighted by Gasteiger charge is 2.09. The Morgan fingerprint density at radius 2 is 2.25 bits per heavy atom. The van der Waals surface area contributed by atoms with Crippen molar-refractivity contribution in [3.63, 3.8) is 0 Å². The fourth-order valence-electron chi connectivity index (χ4n) is 1.39. The highest BCUT2D eigenvalue weighted by molar-refractivity contribution is 5.92. The number of aromatic nitrogens is 2. The maximum atomic E-state index is 11.6. The number of aryl methyl sites for hydroxylation is 2. The molecule has 5 heteroatoms. The van der Waals surface area contributed by atoms with Gasteiger partial charge in [-0.3, -0.25) is 9.48 Å². The molecule has 16 heavy (non-hydrogen) atoms. The summed E-state index contributed by atoms with van der Waals surface area (Å²) >= 11 is 0. The second-order valence-electron chi connectivity index (χ2n) is 4.10. The van der Waals surface area contributed by atoms with Crippen molar-refractivity contribution < 1.29 is 4.79 Å². The van der Waals surface area contributed by atoms with Gasteiger partial charge in [0.1, 0.15) is 0 Å². The normalized spacial score (nSPS) is 10.8. The van der Waals surface area contributed by atoms with Crippen molar-refractivity contribution >= 4 is 11.6 Å². The average molecular weight is 224 g/mol. The Bertz CT molecular complexity index is 357. The summed E-state index contributed by atoms with van der Waals surface area (Å²) in [5.74, 6) is -0.0311. The van der Waals surface area contributed by atoms with Crippen molar-refractivity contribution in [2.45, 2.75) is 33.2 Å². The van der Waals surface area contributed by atoms with Crippen LogP contribution in [0.25, 0.3) is 0 Å². The van der Waals surface area contributed by atoms with Crippen molar-refractivity contribution in [2.75, 3.05) is 11.9 Å². The molecule has 0 fully saturated rings. The van der Waals surface area contributed by atoms with Gasteiger partial charge in [0.2, 0.25) is 5.91 Å². The molecule has 1 aromatic heterocycles. The maximum absolute atomic E-state index is 11.6. The largest absolute Gasteiger partial charge is 0.322 e. The molecular weight excluding hydrogens is 204 g/mol. The molecule has 0 atom stereocenters. The van der Waals surface area contributed by atoms with Crippen molar-refractivity contribution in [1.82, 2.24) is 15.1 Å². The van der Waals surface area contributed by atoms with Gasteiger partial charge < -0.3 is 10.6 Å². The standard InChI is InChI=1S/C11H20N4O/c1-5-9-10(7-15(4)14-9)13-11(16)6-12-8(2)3/h7-8,12H,5-6H2,1-4H3,(H,13,16). The number of rotatable bonds is 5. The molecule has 5 nitrogen and oxygen atoms in total. The summed E-state index contributed by atoms with van der Waals surface area (Å²) in [6, 6.07) is 0.310. The van der Waals surface area contributed by atoms with E-state index in [1.54, 1.807) is 4.68 Å². The summed E-state index contributed by atoms with van der Waals surface area (Å²) < 4.78 is 1.71. The van der Waals surface area contributed by atoms with E-state index in [9.17, 15) is 4.79 Å². The molecule has 0 radical (unpaired) electrons. The van der Waals surface area contributed by atoms with E-state index in [0.29, 0.717) is 12.6 Å². The summed E-state index contributed by atoms with van der Waals surface area (Å²) in [5.41, 5.74) is 1.72. The summed E-state index contributed by atoms with van der Waals surface area (Å²) in [7, 11) is 1.85. The van der Waals surface area contributed by atoms with Crippen LogP contribution in [0.1, 0.15) is 26.5 Å². The van der Waals surface area contributed by atoms with Crippen LogP contribution < -0.4 is 10.6 Å². The van der Waals surface area contributed by atoms with Gasteiger partial charge in [0.15, 0.2) is 0 Å². The van der Waals surface area contributed by atoms with Crippen molar-refractivity contribution in [3.05, 3.63) is 11.9 Å². The molecule has 1 amide bonds. The monoisotopic (exact) mass is 224 g/mol. The van der Waals surface area contributed by atoms with Gasteiger partial charge in [-0.25, -0.2) is 0 Å². The van der Waals surface area contributed by atoms with Crippen LogP contribution in [0, 0.1) is 0 Å². The Morgan fingerprint density at radius 3 is 2.81 bits per heavy atom. The van der Waals surface area contributed by atoms with Crippen molar-refractivity contribution in [1.29, 1.82) is 0 Å². The molecule has 2 N–H and O–H groups in total. The summed E-state index contributed by atoms with van der Waals surface area (Å²) in [5, 5.41) is 10.2. The van der Waals surface area contributed by atoms with Gasteiger partial charge in [-0.2, -0.15) is 5.10 Å². The van der Waals surface area contributed by atoms with E-state index in [1.165, 1.54) is 0 Å². The van der Waals surface area contributed by atoms with E-state index in [4.69, 9.17) is 0 Å². The number of carbonyl (C=O) groups is 1. The van der Waals surface area contributed by atoms with Crippen LogP contribution in [0.3, 0.4) is 0 Å². The lowest BCUT2D eigenvalue weighted by Gasteiger charge is -2.08. The van der Waals surface area contributed by atoms with E-state index in [1.807, 2.05) is 34.0 Å². The van der Waals surface area contributed by atoms with Crippen LogP contribution in [0.4, 0.5) is 5.69 Å². The molecule has 0 aliphatic rings. The van der Waals surface area contributed by atoms with Crippen LogP contribution in [0.15, 0.2) is 6.20 Å². The summed E-state index contributed by atoms with van der Waals surface area (Å²) in [4.78, 5) is 11.6. The minimum absolute atomic E-state index is 0.0311. The Kier molecular flexibility index (Phi) is 4.49. The first kappa shape index (κ1) is 12.7. The quantitative estimate of drug-likeness (QED) is 0.782. The number of nitrogens with one attached hydrogen (secondary N) is 2. The molecular formula is C11H20N4O. The van der Waals surface area contributed by atoms with Crippen LogP contribution in [0.5, 0.6) is 0 Å². The fraction of sp³-hybridized carbons (Fsp3) is 0.636. The first-order valence-corrected chi connectivity index (χ1v) is 5.58. The zero-order valence-electron chi connectivity index (χ0n) is 10.4. The topological polar surface area (TPSA) is 59.0 Å². The fourth-order valence-corrected chi connectivity index (χ4v) is 1.39. The number of nitrogens with zero attached hydrogens (tertiary/aromatic N) is 2. The third kappa shape index (κ3) is 3.66. The summed E-state index contributed by atoms with van der Waals surface area (Å²) in [6.45, 7) is 6.36. The predicted octanol–water partition coefficient (Wildman–Crippen LogP) is 0.919. The zero-order valence-corrected chi connectivity index (χ0v) is 10.4. The number of hydrogen-bond acceptors (Lipinski definition) is 3. The maximum Gasteiger partial charge on any atom is 0.238 e. The molecule has 0 unspecified atom stereocenters. The Balaban J connectivity index is 2.55. The zero-order chi connectivity index (χ0) is 12.1. The second kappa shape index (κ2) is 5.65. The van der Waals surface area contributed by atoms with Crippen LogP contribution in [-0.2, 0) is 18.3 Å². The van der Waals surface area contributed by atoms with Gasteiger partial charge in [-0.05, 0) is 6.42 Å². The van der Waals surface area contributed by atoms with Crippen molar-refractivity contribution in [3.8, 4) is 0 Å². The van der Waals surface area contributed by atoms with Gasteiger partial charge in [-0.15, -0.1) is 0 Å². The molecule has 0 aliphatic heterocycles. The van der Waals surface area contributed by atoms with Gasteiger partial charge in [0.05, 0.1) is 17.9 Å². The summed E-state index contributed by atoms with van der Waals surface area (Å²) in [6.07, 6.45) is 2.64. The molecule has 0 aromatic carbocycles. The lowest BCUT2D eigenvalue weighted by atomic mass is 10.3. The third-order valence-corrected chi connectivity index (χ3v) is 2.19. The Labute approximate surface area is 96.2 Å². The van der Waals surface area contributed by atoms with E-state index in [2.05, 4.69) is 15.7 Å². The van der Waals surface area contributed by atoms with Gasteiger partial charge in [0.25, 0.3) is 0 Å². The average Bonchev–Trinajstić information content (AvgIpc) is 2.55. The van der Waals surface area contributed by atoms with Gasteiger partial charge in [0, 0.05) is 19.3 Å². The minimum atomic E-state index is -0.0311. The molecule has 1 aromatic rings. The second-order valence-corrected chi connectivity index (χ2v) is 4.10. The number of hydrogen-bond donors (Lipinski definition) is 2. The van der Waals surface area contributed by atoms with E-state index in [-0.39, 0.29) is 5.91 Å². The molecule has 90 valence electrons. The smallest absolute Gasteiger partial charge is 0.238 e. The first-order chi connectivity index (χ1) is 7.52. The Hall–Kier alpha value is -1.36. The van der Waals surface area contributed by atoms with Crippen LogP contribution in [0.2, 0.25) is 0 Å². The predicted molar refractivity (Wildman–Crippen MR) is 64.4 cm³/mol. The highest BCUT2D eigenvalue weighted by Crippen LogP contribution is 2.13. The molecule has 0 aliphatic carbocycles. The molecule has 0 saturated heterocycles. The molecule has 1 rings (SSSR count). The van der Waals surface area contributed by atoms with Crippen molar-refractivity contribution in [2.24, 2.45) is 7.05 Å². The van der Waals surface area contributed by atoms with Crippen LogP contribution >= 0.6 is 0 Å². The van der Waals surface area contributed by atoms with E-state index >= 15 is 0 Å². The molecule has 0 bridgehead atoms.